The Balaban J connectivity index is 2.09. The van der Waals surface area contributed by atoms with E-state index in [4.69, 9.17) is 9.47 Å². The maximum Gasteiger partial charge on any atom is 0.210 e. The van der Waals surface area contributed by atoms with Crippen LogP contribution in [0.15, 0.2) is 18.2 Å². The second-order valence-electron chi connectivity index (χ2n) is 4.81. The van der Waals surface area contributed by atoms with Crippen molar-refractivity contribution in [2.45, 2.75) is 32.1 Å². The highest BCUT2D eigenvalue weighted by atomic mass is 16.5. The predicted molar refractivity (Wildman–Crippen MR) is 72.8 cm³/mol. The van der Waals surface area contributed by atoms with E-state index in [1.54, 1.807) is 14.2 Å². The molecule has 1 fully saturated rings. The van der Waals surface area contributed by atoms with Crippen LogP contribution in [0.2, 0.25) is 0 Å². The molecular weight excluding hydrogens is 226 g/mol. The topological polar surface area (TPSA) is 32.4 Å². The van der Waals surface area contributed by atoms with Crippen LogP contribution in [0, 0.1) is 5.92 Å². The first-order valence-electron chi connectivity index (χ1n) is 6.65. The van der Waals surface area contributed by atoms with Crippen LogP contribution in [0.5, 0.6) is 11.5 Å². The summed E-state index contributed by atoms with van der Waals surface area (Å²) in [6.07, 6.45) is 8.90. The zero-order valence-corrected chi connectivity index (χ0v) is 11.2. The summed E-state index contributed by atoms with van der Waals surface area (Å²) in [6.45, 7) is 0. The van der Waals surface area contributed by atoms with Crippen molar-refractivity contribution in [3.05, 3.63) is 18.2 Å². The average molecular weight is 248 g/mol. The number of benzene rings is 1. The second-order valence-corrected chi connectivity index (χ2v) is 4.81. The van der Waals surface area contributed by atoms with E-state index in [9.17, 15) is 0 Å². The number of rotatable bonds is 4. The number of methoxy groups -OCH3 is 2. The van der Waals surface area contributed by atoms with Crippen LogP contribution >= 0.6 is 0 Å². The molecule has 1 N–H and O–H groups in total. The highest BCUT2D eigenvalue weighted by Gasteiger charge is 2.14. The van der Waals surface area contributed by atoms with Crippen molar-refractivity contribution in [1.82, 2.24) is 0 Å². The highest BCUT2D eigenvalue weighted by molar-refractivity contribution is 5.57. The summed E-state index contributed by atoms with van der Waals surface area (Å²) >= 11 is 0. The van der Waals surface area contributed by atoms with E-state index in [1.807, 2.05) is 18.2 Å². The van der Waals surface area contributed by atoms with Crippen molar-refractivity contribution in [3.63, 3.8) is 0 Å². The van der Waals surface area contributed by atoms with E-state index >= 15 is 0 Å². The number of hydrogen-bond acceptors (Lipinski definition) is 2. The number of hydrogen-bond donors (Lipinski definition) is 1. The van der Waals surface area contributed by atoms with E-state index in [2.05, 4.69) is 11.2 Å². The largest absolute Gasteiger partial charge is 0.496 e. The third kappa shape index (κ3) is 3.49. The minimum absolute atomic E-state index is 0.691. The molecule has 3 nitrogen and oxygen atoms in total. The van der Waals surface area contributed by atoms with Gasteiger partial charge in [0.25, 0.3) is 0 Å². The maximum atomic E-state index is 5.26. The van der Waals surface area contributed by atoms with Crippen LogP contribution in [-0.2, 0) is 0 Å². The molecule has 2 rings (SSSR count). The summed E-state index contributed by atoms with van der Waals surface area (Å²) in [5, 5.41) is 0. The predicted octanol–water partition coefficient (Wildman–Crippen LogP) is 2.07. The van der Waals surface area contributed by atoms with E-state index in [1.165, 1.54) is 32.1 Å². The molecule has 0 amide bonds. The molecule has 1 aromatic rings. The normalized spacial score (nSPS) is 17.0. The molecule has 0 spiro atoms. The molecule has 1 aliphatic carbocycles. The first-order valence-corrected chi connectivity index (χ1v) is 6.65. The minimum Gasteiger partial charge on any atom is -0.496 e. The third-order valence-electron chi connectivity index (χ3n) is 3.49. The van der Waals surface area contributed by atoms with Gasteiger partial charge in [0.1, 0.15) is 17.7 Å². The molecule has 0 heterocycles. The highest BCUT2D eigenvalue weighted by Crippen LogP contribution is 2.23. The molecule has 3 heteroatoms. The fraction of sp³-hybridized carbons (Fsp3) is 0.533. The number of ether oxygens (including phenoxy) is 2. The summed E-state index contributed by atoms with van der Waals surface area (Å²) in [5.74, 6) is 2.32. The molecule has 0 aromatic heterocycles. The Morgan fingerprint density at radius 1 is 1.00 bits per heavy atom. The van der Waals surface area contributed by atoms with Gasteiger partial charge in [-0.15, -0.1) is 0 Å². The lowest BCUT2D eigenvalue weighted by Gasteiger charge is -2.14. The van der Waals surface area contributed by atoms with E-state index in [-0.39, 0.29) is 0 Å². The molecule has 0 aliphatic heterocycles. The maximum absolute atomic E-state index is 5.26. The van der Waals surface area contributed by atoms with Crippen molar-refractivity contribution in [1.29, 1.82) is 0 Å². The third-order valence-corrected chi connectivity index (χ3v) is 3.49. The molecule has 0 radical (unpaired) electrons. The smallest absolute Gasteiger partial charge is 0.210 e. The first kappa shape index (κ1) is 12.9. The van der Waals surface area contributed by atoms with Crippen molar-refractivity contribution in [2.75, 3.05) is 14.2 Å². The van der Waals surface area contributed by atoms with Crippen LogP contribution in [0.4, 0.5) is 5.69 Å². The Labute approximate surface area is 109 Å². The van der Waals surface area contributed by atoms with Gasteiger partial charge < -0.3 is 9.47 Å². The monoisotopic (exact) mass is 248 g/mol. The average Bonchev–Trinajstić information content (AvgIpc) is 2.45. The summed E-state index contributed by atoms with van der Waals surface area (Å²) in [6, 6.07) is 5.86. The Kier molecular flexibility index (Phi) is 4.62. The molecule has 1 saturated carbocycles. The Morgan fingerprint density at radius 3 is 2.17 bits per heavy atom. The van der Waals surface area contributed by atoms with Gasteiger partial charge in [-0.2, -0.15) is 0 Å². The lowest BCUT2D eigenvalue weighted by atomic mass is 9.90. The molecule has 18 heavy (non-hydrogen) atoms. The Hall–Kier alpha value is -1.51. The van der Waals surface area contributed by atoms with Gasteiger partial charge in [0.2, 0.25) is 5.69 Å². The van der Waals surface area contributed by atoms with Gasteiger partial charge in [0, 0.05) is 12.0 Å². The van der Waals surface area contributed by atoms with E-state index in [0.29, 0.717) is 5.92 Å². The molecular formula is C15H22NO2+. The van der Waals surface area contributed by atoms with Gasteiger partial charge in [-0.3, -0.25) is 0 Å². The molecule has 0 saturated heterocycles. The first-order chi connectivity index (χ1) is 8.81. The fourth-order valence-electron chi connectivity index (χ4n) is 2.41. The summed E-state index contributed by atoms with van der Waals surface area (Å²) in [7, 11) is 3.34. The van der Waals surface area contributed by atoms with Crippen LogP contribution in [-0.4, -0.2) is 20.4 Å². The van der Waals surface area contributed by atoms with Gasteiger partial charge >= 0.3 is 0 Å². The fourth-order valence-corrected chi connectivity index (χ4v) is 2.41. The summed E-state index contributed by atoms with van der Waals surface area (Å²) < 4.78 is 10.5. The van der Waals surface area contributed by atoms with Crippen molar-refractivity contribution >= 4 is 11.9 Å². The van der Waals surface area contributed by atoms with Gasteiger partial charge in [0.05, 0.1) is 26.4 Å². The quantitative estimate of drug-likeness (QED) is 0.827. The Morgan fingerprint density at radius 2 is 1.61 bits per heavy atom. The van der Waals surface area contributed by atoms with Gasteiger partial charge in [-0.25, -0.2) is 4.99 Å². The summed E-state index contributed by atoms with van der Waals surface area (Å²) in [4.78, 5) is 3.38. The lowest BCUT2D eigenvalue weighted by molar-refractivity contribution is -0.351. The van der Waals surface area contributed by atoms with Gasteiger partial charge in [-0.1, -0.05) is 19.3 Å². The van der Waals surface area contributed by atoms with Gasteiger partial charge in [-0.05, 0) is 12.8 Å². The van der Waals surface area contributed by atoms with E-state index in [0.717, 1.165) is 17.2 Å². The molecule has 1 aliphatic rings. The molecule has 1 aromatic carbocycles. The van der Waals surface area contributed by atoms with Crippen LogP contribution in [0.25, 0.3) is 0 Å². The van der Waals surface area contributed by atoms with E-state index < -0.39 is 0 Å². The molecule has 98 valence electrons. The van der Waals surface area contributed by atoms with Crippen molar-refractivity contribution in [3.8, 4) is 11.5 Å². The number of nitrogens with one attached hydrogen (secondary N) is 1. The van der Waals surface area contributed by atoms with Gasteiger partial charge in [0.15, 0.2) is 0 Å². The lowest BCUT2D eigenvalue weighted by Crippen LogP contribution is -2.62. The summed E-state index contributed by atoms with van der Waals surface area (Å²) in [5.41, 5.74) is 1.02. The zero-order chi connectivity index (χ0) is 12.8. The van der Waals surface area contributed by atoms with Crippen LogP contribution < -0.4 is 14.5 Å². The Bertz CT molecular complexity index is 387. The van der Waals surface area contributed by atoms with Crippen molar-refractivity contribution < 1.29 is 14.5 Å². The zero-order valence-electron chi connectivity index (χ0n) is 11.2. The molecule has 0 atom stereocenters. The molecule has 0 unspecified atom stereocenters. The minimum atomic E-state index is 0.691. The molecule has 0 bridgehead atoms. The van der Waals surface area contributed by atoms with Crippen molar-refractivity contribution in [2.24, 2.45) is 5.92 Å². The van der Waals surface area contributed by atoms with Crippen LogP contribution in [0.3, 0.4) is 0 Å². The SMILES string of the molecule is COc1cc([NH+]=CC2CCCCC2)cc(OC)c1. The standard InChI is InChI=1S/C15H21NO2/c1-17-14-8-13(9-15(10-14)18-2)16-11-12-6-4-3-5-7-12/h8-12H,3-7H2,1-2H3/p+1. The second kappa shape index (κ2) is 6.43. The van der Waals surface area contributed by atoms with Crippen LogP contribution in [0.1, 0.15) is 32.1 Å².